The highest BCUT2D eigenvalue weighted by Crippen LogP contribution is 2.34. The Bertz CT molecular complexity index is 118. The van der Waals surface area contributed by atoms with Crippen LogP contribution in [0.2, 0.25) is 0 Å². The molecule has 0 spiro atoms. The van der Waals surface area contributed by atoms with Crippen molar-refractivity contribution in [3.8, 4) is 0 Å². The van der Waals surface area contributed by atoms with E-state index in [2.05, 4.69) is 32.2 Å². The molecular weight excluding hydrogens is 128 g/mol. The van der Waals surface area contributed by atoms with E-state index >= 15 is 0 Å². The third-order valence-electron chi connectivity index (χ3n) is 1.90. The first-order valence-corrected chi connectivity index (χ1v) is 4.52. The Morgan fingerprint density at radius 2 is 2.33 bits per heavy atom. The highest BCUT2D eigenvalue weighted by molar-refractivity contribution is 8.00. The fraction of sp³-hybridized carbons (Fsp3) is 0.750. The molecule has 0 aromatic rings. The lowest BCUT2D eigenvalue weighted by molar-refractivity contribution is 0.655. The minimum absolute atomic E-state index is 0.810. The zero-order chi connectivity index (χ0) is 6.85. The molecule has 1 heterocycles. The molecule has 1 fully saturated rings. The molecule has 0 amide bonds. The van der Waals surface area contributed by atoms with Gasteiger partial charge in [0.1, 0.15) is 0 Å². The molecule has 0 aromatic carbocycles. The van der Waals surface area contributed by atoms with E-state index in [1.165, 1.54) is 17.7 Å². The van der Waals surface area contributed by atoms with Crippen LogP contribution >= 0.6 is 11.8 Å². The Morgan fingerprint density at radius 1 is 1.67 bits per heavy atom. The molecule has 52 valence electrons. The molecule has 1 heteroatoms. The molecule has 1 unspecified atom stereocenters. The van der Waals surface area contributed by atoms with Gasteiger partial charge in [-0.1, -0.05) is 19.1 Å². The number of hydrogen-bond donors (Lipinski definition) is 0. The van der Waals surface area contributed by atoms with Crippen LogP contribution in [0, 0.1) is 5.92 Å². The lowest BCUT2D eigenvalue weighted by Gasteiger charge is -2.05. The molecule has 0 nitrogen and oxygen atoms in total. The molecule has 0 N–H and O–H groups in total. The normalized spacial score (nSPS) is 34.9. The predicted octanol–water partition coefficient (Wildman–Crippen LogP) is 2.70. The Labute approximate surface area is 61.7 Å². The summed E-state index contributed by atoms with van der Waals surface area (Å²) in [6, 6.07) is 0. The average molecular weight is 142 g/mol. The van der Waals surface area contributed by atoms with E-state index in [-0.39, 0.29) is 0 Å². The van der Waals surface area contributed by atoms with Gasteiger partial charge in [0, 0.05) is 11.0 Å². The monoisotopic (exact) mass is 142 g/mol. The number of rotatable bonds is 1. The summed E-state index contributed by atoms with van der Waals surface area (Å²) in [5.41, 5.74) is 1.37. The third-order valence-corrected chi connectivity index (χ3v) is 3.25. The van der Waals surface area contributed by atoms with Gasteiger partial charge in [-0.15, -0.1) is 0 Å². The highest BCUT2D eigenvalue weighted by atomic mass is 32.2. The van der Waals surface area contributed by atoms with E-state index in [0.29, 0.717) is 0 Å². The van der Waals surface area contributed by atoms with Gasteiger partial charge in [0.2, 0.25) is 0 Å². The van der Waals surface area contributed by atoms with E-state index in [0.717, 1.165) is 11.2 Å². The summed E-state index contributed by atoms with van der Waals surface area (Å²) in [5.74, 6) is 2.11. The maximum absolute atomic E-state index is 3.96. The molecule has 9 heavy (non-hydrogen) atoms. The summed E-state index contributed by atoms with van der Waals surface area (Å²) in [6.45, 7) is 8.40. The van der Waals surface area contributed by atoms with Crippen molar-refractivity contribution in [2.45, 2.75) is 25.5 Å². The van der Waals surface area contributed by atoms with Crippen LogP contribution in [-0.2, 0) is 0 Å². The molecule has 0 aliphatic carbocycles. The zero-order valence-electron chi connectivity index (χ0n) is 6.18. The van der Waals surface area contributed by atoms with Crippen molar-refractivity contribution in [1.82, 2.24) is 0 Å². The third kappa shape index (κ3) is 1.75. The first-order valence-electron chi connectivity index (χ1n) is 3.47. The Kier molecular flexibility index (Phi) is 2.23. The van der Waals surface area contributed by atoms with Gasteiger partial charge >= 0.3 is 0 Å². The molecule has 0 aromatic heterocycles. The Hall–Kier alpha value is 0.0900. The largest absolute Gasteiger partial charge is 0.158 e. The molecule has 1 aliphatic heterocycles. The van der Waals surface area contributed by atoms with Crippen LogP contribution in [0.4, 0.5) is 0 Å². The summed E-state index contributed by atoms with van der Waals surface area (Å²) in [4.78, 5) is 0. The van der Waals surface area contributed by atoms with Gasteiger partial charge < -0.3 is 0 Å². The van der Waals surface area contributed by atoms with Crippen molar-refractivity contribution in [2.24, 2.45) is 5.92 Å². The second-order valence-corrected chi connectivity index (χ2v) is 4.39. The van der Waals surface area contributed by atoms with Gasteiger partial charge in [-0.2, -0.15) is 11.8 Å². The van der Waals surface area contributed by atoms with Gasteiger partial charge in [-0.05, 0) is 19.3 Å². The average Bonchev–Trinajstić information content (AvgIpc) is 2.14. The van der Waals surface area contributed by atoms with Crippen molar-refractivity contribution >= 4 is 11.8 Å². The van der Waals surface area contributed by atoms with Crippen LogP contribution in [0.1, 0.15) is 20.3 Å². The Morgan fingerprint density at radius 3 is 2.56 bits per heavy atom. The van der Waals surface area contributed by atoms with Crippen LogP contribution < -0.4 is 0 Å². The van der Waals surface area contributed by atoms with E-state index in [4.69, 9.17) is 0 Å². The zero-order valence-corrected chi connectivity index (χ0v) is 7.00. The Balaban J connectivity index is 2.39. The van der Waals surface area contributed by atoms with Gasteiger partial charge in [0.25, 0.3) is 0 Å². The first kappa shape index (κ1) is 7.20. The molecule has 2 atom stereocenters. The van der Waals surface area contributed by atoms with Gasteiger partial charge in [-0.25, -0.2) is 0 Å². The molecule has 1 aliphatic rings. The van der Waals surface area contributed by atoms with Crippen LogP contribution in [0.5, 0.6) is 0 Å². The fourth-order valence-electron chi connectivity index (χ4n) is 1.16. The summed E-state index contributed by atoms with van der Waals surface area (Å²) in [7, 11) is 0. The minimum Gasteiger partial charge on any atom is -0.158 e. The lowest BCUT2D eigenvalue weighted by Crippen LogP contribution is -1.99. The molecule has 1 saturated heterocycles. The minimum atomic E-state index is 0.810. The van der Waals surface area contributed by atoms with Gasteiger partial charge in [-0.3, -0.25) is 0 Å². The maximum Gasteiger partial charge on any atom is 0.00249 e. The summed E-state index contributed by atoms with van der Waals surface area (Å²) >= 11 is 2.07. The van der Waals surface area contributed by atoms with E-state index in [1.807, 2.05) is 0 Å². The highest BCUT2D eigenvalue weighted by Gasteiger charge is 2.21. The quantitative estimate of drug-likeness (QED) is 0.507. The summed E-state index contributed by atoms with van der Waals surface area (Å²) in [6.07, 6.45) is 1.35. The smallest absolute Gasteiger partial charge is 0.00249 e. The second-order valence-electron chi connectivity index (χ2n) is 2.92. The molecule has 0 radical (unpaired) electrons. The van der Waals surface area contributed by atoms with Crippen LogP contribution in [0.15, 0.2) is 12.2 Å². The number of thioether (sulfide) groups is 1. The summed E-state index contributed by atoms with van der Waals surface area (Å²) < 4.78 is 0. The van der Waals surface area contributed by atoms with Crippen LogP contribution in [0.3, 0.4) is 0 Å². The second kappa shape index (κ2) is 2.78. The maximum atomic E-state index is 3.96. The SMILES string of the molecule is C=C(C)C1CS[C@H](C)C1. The molecule has 0 saturated carbocycles. The molecular formula is C8H14S. The van der Waals surface area contributed by atoms with E-state index in [9.17, 15) is 0 Å². The number of hydrogen-bond acceptors (Lipinski definition) is 1. The fourth-order valence-corrected chi connectivity index (χ4v) is 2.51. The topological polar surface area (TPSA) is 0 Å². The van der Waals surface area contributed by atoms with Gasteiger partial charge in [0.05, 0.1) is 0 Å². The predicted molar refractivity (Wildman–Crippen MR) is 44.8 cm³/mol. The van der Waals surface area contributed by atoms with Crippen molar-refractivity contribution in [2.75, 3.05) is 5.75 Å². The lowest BCUT2D eigenvalue weighted by atomic mass is 10.00. The van der Waals surface area contributed by atoms with Crippen molar-refractivity contribution in [1.29, 1.82) is 0 Å². The van der Waals surface area contributed by atoms with Gasteiger partial charge in [0.15, 0.2) is 0 Å². The molecule has 0 bridgehead atoms. The van der Waals surface area contributed by atoms with E-state index in [1.54, 1.807) is 0 Å². The van der Waals surface area contributed by atoms with Crippen molar-refractivity contribution in [3.05, 3.63) is 12.2 Å². The van der Waals surface area contributed by atoms with Crippen molar-refractivity contribution < 1.29 is 0 Å². The first-order chi connectivity index (χ1) is 4.20. The van der Waals surface area contributed by atoms with E-state index < -0.39 is 0 Å². The van der Waals surface area contributed by atoms with Crippen molar-refractivity contribution in [3.63, 3.8) is 0 Å². The molecule has 1 rings (SSSR count). The summed E-state index contributed by atoms with van der Waals surface area (Å²) in [5, 5.41) is 0.867. The van der Waals surface area contributed by atoms with Crippen LogP contribution in [-0.4, -0.2) is 11.0 Å². The van der Waals surface area contributed by atoms with Crippen LogP contribution in [0.25, 0.3) is 0 Å². The standard InChI is InChI=1S/C8H14S/c1-6(2)8-4-7(3)9-5-8/h7-8H,1,4-5H2,2-3H3/t7-,8?/m1/s1. The number of allylic oxidation sites excluding steroid dienone is 1.